The number of sulfonamides is 2. The molecule has 2 aromatic heterocycles. The van der Waals surface area contributed by atoms with E-state index in [1.54, 1.807) is 59.1 Å². The number of nitrogens with one attached hydrogen (secondary N) is 2. The molecule has 4 heterocycles. The van der Waals surface area contributed by atoms with Crippen LogP contribution in [0.3, 0.4) is 0 Å². The van der Waals surface area contributed by atoms with Gasteiger partial charge in [-0.3, -0.25) is 0 Å². The Kier molecular flexibility index (Phi) is 14.3. The number of thiophene rings is 2. The van der Waals surface area contributed by atoms with Crippen LogP contribution in [0.15, 0.2) is 216 Å². The Morgan fingerprint density at radius 2 is 0.743 bits per heavy atom. The zero-order valence-electron chi connectivity index (χ0n) is 39.9. The molecular formula is C60H50N2O8S4. The van der Waals surface area contributed by atoms with Gasteiger partial charge in [0.1, 0.15) is 0 Å². The third-order valence-corrected chi connectivity index (χ3v) is 18.1. The molecule has 0 saturated heterocycles. The molecule has 8 aromatic carbocycles. The van der Waals surface area contributed by atoms with Gasteiger partial charge in [0.2, 0.25) is 20.0 Å². The lowest BCUT2D eigenvalue weighted by molar-refractivity contribution is 0.296. The molecule has 0 aliphatic carbocycles. The van der Waals surface area contributed by atoms with Gasteiger partial charge in [-0.15, -0.1) is 22.7 Å². The van der Waals surface area contributed by atoms with Crippen LogP contribution >= 0.6 is 22.7 Å². The van der Waals surface area contributed by atoms with Gasteiger partial charge in [-0.05, 0) is 80.6 Å². The van der Waals surface area contributed by atoms with Crippen LogP contribution in [-0.2, 0) is 20.0 Å². The molecule has 74 heavy (non-hydrogen) atoms. The summed E-state index contributed by atoms with van der Waals surface area (Å²) in [6, 6.07) is 64.9. The van der Waals surface area contributed by atoms with Gasteiger partial charge >= 0.3 is 0 Å². The fraction of sp³-hybridized carbons (Fsp3) is 0.133. The zero-order valence-corrected chi connectivity index (χ0v) is 43.2. The van der Waals surface area contributed by atoms with E-state index in [2.05, 4.69) is 70.1 Å². The topological polar surface area (TPSA) is 129 Å². The minimum Gasteiger partial charge on any atom is -0.490 e. The summed E-state index contributed by atoms with van der Waals surface area (Å²) in [5.74, 6) is 2.03. The third kappa shape index (κ3) is 10.7. The van der Waals surface area contributed by atoms with E-state index in [4.69, 9.17) is 18.9 Å². The van der Waals surface area contributed by atoms with Crippen molar-refractivity contribution >= 4 is 62.9 Å². The van der Waals surface area contributed by atoms with Crippen molar-refractivity contribution in [2.45, 2.75) is 34.7 Å². The van der Waals surface area contributed by atoms with Crippen LogP contribution in [0.1, 0.15) is 45.8 Å². The fourth-order valence-corrected chi connectivity index (χ4v) is 14.2. The SMILES string of the molecule is O=S(=O)(N[C@@H](c1ccccc1)c1cc2cccc(-c3ccccc3)c2s1)c1ccc2c(c1)OCCCO2.O=S(=O)(N[C@H](c1ccccc1)c1cc2cccc(-c3ccccc3)c2s1)c1ccc2c(c1)OCCCO2. The van der Waals surface area contributed by atoms with Crippen LogP contribution in [0.25, 0.3) is 42.4 Å². The normalized spacial score (nSPS) is 14.3. The minimum atomic E-state index is -3.88. The number of benzene rings is 8. The van der Waals surface area contributed by atoms with Crippen molar-refractivity contribution in [3.05, 3.63) is 227 Å². The Labute approximate surface area is 438 Å². The molecule has 2 aliphatic heterocycles. The predicted octanol–water partition coefficient (Wildman–Crippen LogP) is 13.6. The lowest BCUT2D eigenvalue weighted by Crippen LogP contribution is -2.29. The standard InChI is InChI=1S/2C30H25NO4S2/c2*32-37(33,24-15-16-26-27(20-24)35-18-8-17-34-26)31-29(22-11-5-2-6-12-22)28-19-23-13-7-14-25(30(23)36-28)21-9-3-1-4-10-21/h2*1-7,9-16,19-20,29,31H,8,17-18H2/t2*29-/m10/s1. The highest BCUT2D eigenvalue weighted by molar-refractivity contribution is 7.89. The number of fused-ring (bicyclic) bond motifs is 4. The molecular weight excluding hydrogens is 1000 g/mol. The highest BCUT2D eigenvalue weighted by atomic mass is 32.2. The van der Waals surface area contributed by atoms with E-state index in [0.717, 1.165) is 76.1 Å². The number of ether oxygens (including phenoxy) is 4. The Bertz CT molecular complexity index is 3550. The van der Waals surface area contributed by atoms with Crippen molar-refractivity contribution in [1.82, 2.24) is 9.44 Å². The number of hydrogen-bond donors (Lipinski definition) is 2. The average Bonchev–Trinajstić information content (AvgIpc) is 3.91. The number of hydrogen-bond acceptors (Lipinski definition) is 10. The molecule has 12 rings (SSSR count). The van der Waals surface area contributed by atoms with Crippen LogP contribution in [-0.4, -0.2) is 43.3 Å². The van der Waals surface area contributed by atoms with Gasteiger partial charge < -0.3 is 18.9 Å². The van der Waals surface area contributed by atoms with Crippen molar-refractivity contribution in [3.63, 3.8) is 0 Å². The molecule has 0 spiro atoms. The number of rotatable bonds is 12. The summed E-state index contributed by atoms with van der Waals surface area (Å²) in [7, 11) is -7.76. The van der Waals surface area contributed by atoms with E-state index in [-0.39, 0.29) is 9.79 Å². The second-order valence-electron chi connectivity index (χ2n) is 17.7. The molecule has 2 atom stereocenters. The monoisotopic (exact) mass is 1050 g/mol. The Morgan fingerprint density at radius 3 is 1.14 bits per heavy atom. The van der Waals surface area contributed by atoms with E-state index in [0.29, 0.717) is 49.4 Å². The van der Waals surface area contributed by atoms with Crippen LogP contribution in [0.4, 0.5) is 0 Å². The van der Waals surface area contributed by atoms with Crippen molar-refractivity contribution in [1.29, 1.82) is 0 Å². The molecule has 10 aromatic rings. The van der Waals surface area contributed by atoms with Gasteiger partial charge in [-0.1, -0.05) is 158 Å². The van der Waals surface area contributed by atoms with E-state index in [9.17, 15) is 16.8 Å². The average molecular weight is 1060 g/mol. The maximum atomic E-state index is 13.7. The van der Waals surface area contributed by atoms with Gasteiger partial charge in [0.25, 0.3) is 0 Å². The molecule has 0 fully saturated rings. The van der Waals surface area contributed by atoms with Crippen LogP contribution in [0.2, 0.25) is 0 Å². The summed E-state index contributed by atoms with van der Waals surface area (Å²) in [6.07, 6.45) is 1.50. The Hall–Kier alpha value is -7.30. The molecule has 0 bridgehead atoms. The molecule has 0 unspecified atom stereocenters. The first-order valence-electron chi connectivity index (χ1n) is 24.3. The first kappa shape index (κ1) is 48.9. The summed E-state index contributed by atoms with van der Waals surface area (Å²) in [5.41, 5.74) is 6.26. The third-order valence-electron chi connectivity index (χ3n) is 12.7. The van der Waals surface area contributed by atoms with Gasteiger partial charge in [0, 0.05) is 44.1 Å². The fourth-order valence-electron chi connectivity index (χ4n) is 9.08. The molecule has 0 amide bonds. The van der Waals surface area contributed by atoms with Crippen molar-refractivity contribution < 1.29 is 35.8 Å². The molecule has 10 nitrogen and oxygen atoms in total. The maximum absolute atomic E-state index is 13.7. The predicted molar refractivity (Wildman–Crippen MR) is 296 cm³/mol. The van der Waals surface area contributed by atoms with E-state index < -0.39 is 32.1 Å². The Balaban J connectivity index is 0.000000159. The lowest BCUT2D eigenvalue weighted by Gasteiger charge is -2.19. The first-order valence-corrected chi connectivity index (χ1v) is 28.9. The molecule has 14 heteroatoms. The summed E-state index contributed by atoms with van der Waals surface area (Å²) in [6.45, 7) is 2.07. The molecule has 2 aliphatic rings. The minimum absolute atomic E-state index is 0.142. The Morgan fingerprint density at radius 1 is 0.378 bits per heavy atom. The largest absolute Gasteiger partial charge is 0.490 e. The van der Waals surface area contributed by atoms with Gasteiger partial charge in [0.15, 0.2) is 23.0 Å². The van der Waals surface area contributed by atoms with E-state index in [1.165, 1.54) is 0 Å². The maximum Gasteiger partial charge on any atom is 0.241 e. The molecule has 0 saturated carbocycles. The van der Waals surface area contributed by atoms with E-state index >= 15 is 0 Å². The van der Waals surface area contributed by atoms with Crippen molar-refractivity contribution in [3.8, 4) is 45.3 Å². The molecule has 372 valence electrons. The quantitative estimate of drug-likeness (QED) is 0.124. The van der Waals surface area contributed by atoms with Crippen LogP contribution < -0.4 is 28.4 Å². The second kappa shape index (κ2) is 21.7. The highest BCUT2D eigenvalue weighted by Gasteiger charge is 2.29. The summed E-state index contributed by atoms with van der Waals surface area (Å²) in [4.78, 5) is 2.12. The first-order chi connectivity index (χ1) is 36.2. The van der Waals surface area contributed by atoms with Crippen molar-refractivity contribution in [2.75, 3.05) is 26.4 Å². The van der Waals surface area contributed by atoms with Gasteiger partial charge in [0.05, 0.1) is 48.3 Å². The van der Waals surface area contributed by atoms with Crippen LogP contribution in [0, 0.1) is 0 Å². The second-order valence-corrected chi connectivity index (χ2v) is 23.3. The lowest BCUT2D eigenvalue weighted by atomic mass is 10.0. The van der Waals surface area contributed by atoms with Gasteiger partial charge in [-0.25, -0.2) is 16.8 Å². The zero-order chi connectivity index (χ0) is 50.5. The van der Waals surface area contributed by atoms with Crippen molar-refractivity contribution in [2.24, 2.45) is 0 Å². The summed E-state index contributed by atoms with van der Waals surface area (Å²) < 4.78 is 85.7. The highest BCUT2D eigenvalue weighted by Crippen LogP contribution is 2.42. The smallest absolute Gasteiger partial charge is 0.241 e. The summed E-state index contributed by atoms with van der Waals surface area (Å²) in [5, 5.41) is 2.16. The van der Waals surface area contributed by atoms with Crippen LogP contribution in [0.5, 0.6) is 23.0 Å². The molecule has 0 radical (unpaired) electrons. The van der Waals surface area contributed by atoms with Gasteiger partial charge in [-0.2, -0.15) is 9.44 Å². The molecule has 2 N–H and O–H groups in total. The van der Waals surface area contributed by atoms with E-state index in [1.807, 2.05) is 109 Å². The summed E-state index contributed by atoms with van der Waals surface area (Å²) >= 11 is 3.22.